The molecule has 0 saturated carbocycles. The van der Waals surface area contributed by atoms with Crippen LogP contribution in [0.4, 0.5) is 0 Å². The van der Waals surface area contributed by atoms with Crippen LogP contribution in [0, 0.1) is 0 Å². The van der Waals surface area contributed by atoms with Gasteiger partial charge in [0.25, 0.3) is 0 Å². The molecule has 2 heteroatoms. The largest absolute Gasteiger partial charge is 0.283 e. The molecule has 0 unspecified atom stereocenters. The van der Waals surface area contributed by atoms with Crippen LogP contribution in [0.25, 0.3) is 0 Å². The molecule has 0 N–H and O–H groups in total. The van der Waals surface area contributed by atoms with Gasteiger partial charge in [0.1, 0.15) is 0 Å². The van der Waals surface area contributed by atoms with Crippen molar-refractivity contribution in [3.8, 4) is 0 Å². The highest BCUT2D eigenvalue weighted by Crippen LogP contribution is 2.05. The third kappa shape index (κ3) is 4.28. The van der Waals surface area contributed by atoms with E-state index in [2.05, 4.69) is 12.6 Å². The Morgan fingerprint density at radius 1 is 1.44 bits per heavy atom. The molecule has 0 aromatic heterocycles. The van der Waals surface area contributed by atoms with Crippen LogP contribution < -0.4 is 0 Å². The Morgan fingerprint density at radius 3 is 2.00 bits per heavy atom. The third-order valence-corrected chi connectivity index (χ3v) is 1.36. The van der Waals surface area contributed by atoms with Crippen molar-refractivity contribution in [3.63, 3.8) is 0 Å². The summed E-state index contributed by atoms with van der Waals surface area (Å²) in [5.41, 5.74) is 1.16. The van der Waals surface area contributed by atoms with Crippen LogP contribution in [0.5, 0.6) is 0 Å². The average molecular weight is 144 g/mol. The van der Waals surface area contributed by atoms with Gasteiger partial charge in [0, 0.05) is 0 Å². The van der Waals surface area contributed by atoms with Crippen LogP contribution in [0.2, 0.25) is 0 Å². The van der Waals surface area contributed by atoms with E-state index in [1.54, 1.807) is 6.08 Å². The molecule has 1 nitrogen and oxygen atoms in total. The molecule has 52 valence electrons. The van der Waals surface area contributed by atoms with Crippen molar-refractivity contribution in [2.24, 2.45) is 0 Å². The Hall–Kier alpha value is -0.240. The summed E-state index contributed by atoms with van der Waals surface area (Å²) in [4.78, 5) is 10.4. The predicted octanol–water partition coefficient (Wildman–Crippen LogP) is 2.19. The summed E-state index contributed by atoms with van der Waals surface area (Å²) >= 11 is 3.63. The van der Waals surface area contributed by atoms with Gasteiger partial charge in [0.15, 0.2) is 0 Å². The SMILES string of the molecule is CCC(=CC(=O)S)CC. The molecule has 0 aromatic rings. The van der Waals surface area contributed by atoms with E-state index in [1.807, 2.05) is 13.8 Å². The summed E-state index contributed by atoms with van der Waals surface area (Å²) in [5.74, 6) is 0. The van der Waals surface area contributed by atoms with Crippen molar-refractivity contribution in [1.82, 2.24) is 0 Å². The van der Waals surface area contributed by atoms with Gasteiger partial charge in [0.2, 0.25) is 5.12 Å². The average Bonchev–Trinajstić information content (AvgIpc) is 1.82. The summed E-state index contributed by atoms with van der Waals surface area (Å²) in [6.45, 7) is 4.07. The van der Waals surface area contributed by atoms with Crippen LogP contribution in [0.1, 0.15) is 26.7 Å². The van der Waals surface area contributed by atoms with Gasteiger partial charge in [-0.15, -0.1) is 12.6 Å². The second kappa shape index (κ2) is 4.62. The molecule has 0 heterocycles. The fourth-order valence-electron chi connectivity index (χ4n) is 0.629. The molecule has 0 fully saturated rings. The van der Waals surface area contributed by atoms with Crippen LogP contribution in [0.3, 0.4) is 0 Å². The topological polar surface area (TPSA) is 17.1 Å². The molecular weight excluding hydrogens is 132 g/mol. The number of rotatable bonds is 3. The molecule has 0 aromatic carbocycles. The minimum Gasteiger partial charge on any atom is -0.283 e. The Labute approximate surface area is 61.6 Å². The van der Waals surface area contributed by atoms with E-state index in [0.717, 1.165) is 18.4 Å². The lowest BCUT2D eigenvalue weighted by atomic mass is 10.1. The minimum atomic E-state index is -0.145. The number of hydrogen-bond acceptors (Lipinski definition) is 1. The van der Waals surface area contributed by atoms with Gasteiger partial charge in [-0.25, -0.2) is 0 Å². The van der Waals surface area contributed by atoms with Crippen LogP contribution in [-0.4, -0.2) is 5.12 Å². The maximum atomic E-state index is 10.4. The fourth-order valence-corrected chi connectivity index (χ4v) is 0.811. The maximum absolute atomic E-state index is 10.4. The number of allylic oxidation sites excluding steroid dienone is 1. The normalized spacial score (nSPS) is 8.78. The first-order chi connectivity index (χ1) is 4.20. The van der Waals surface area contributed by atoms with Gasteiger partial charge in [-0.05, 0) is 18.9 Å². The van der Waals surface area contributed by atoms with Gasteiger partial charge < -0.3 is 0 Å². The molecule has 0 rings (SSSR count). The van der Waals surface area contributed by atoms with Crippen LogP contribution in [0.15, 0.2) is 11.6 Å². The standard InChI is InChI=1S/C7H12OS/c1-3-6(4-2)5-7(8)9/h5H,3-4H2,1-2H3,(H,8,9). The van der Waals surface area contributed by atoms with E-state index in [9.17, 15) is 4.79 Å². The Balaban J connectivity index is 3.91. The summed E-state index contributed by atoms with van der Waals surface area (Å²) in [7, 11) is 0. The molecule has 0 saturated heterocycles. The molecule has 0 radical (unpaired) electrons. The molecule has 0 aliphatic rings. The van der Waals surface area contributed by atoms with Gasteiger partial charge in [-0.1, -0.05) is 19.4 Å². The van der Waals surface area contributed by atoms with E-state index in [0.29, 0.717) is 0 Å². The molecule has 0 aliphatic heterocycles. The lowest BCUT2D eigenvalue weighted by molar-refractivity contribution is -0.106. The molecule has 0 bridgehead atoms. The number of carbonyl (C=O) groups excluding carboxylic acids is 1. The quantitative estimate of drug-likeness (QED) is 0.474. The van der Waals surface area contributed by atoms with Gasteiger partial charge in [-0.3, -0.25) is 4.79 Å². The summed E-state index contributed by atoms with van der Waals surface area (Å²) in [6.07, 6.45) is 3.48. The lowest BCUT2D eigenvalue weighted by Crippen LogP contribution is -1.83. The first-order valence-electron chi connectivity index (χ1n) is 3.13. The zero-order chi connectivity index (χ0) is 7.28. The second-order valence-electron chi connectivity index (χ2n) is 1.85. The van der Waals surface area contributed by atoms with Crippen molar-refractivity contribution >= 4 is 17.7 Å². The predicted molar refractivity (Wildman–Crippen MR) is 42.7 cm³/mol. The maximum Gasteiger partial charge on any atom is 0.209 e. The van der Waals surface area contributed by atoms with E-state index in [-0.39, 0.29) is 5.12 Å². The molecule has 0 aliphatic carbocycles. The monoisotopic (exact) mass is 144 g/mol. The third-order valence-electron chi connectivity index (χ3n) is 1.24. The summed E-state index contributed by atoms with van der Waals surface area (Å²) in [5, 5.41) is -0.145. The second-order valence-corrected chi connectivity index (χ2v) is 2.29. The minimum absolute atomic E-state index is 0.145. The Bertz CT molecular complexity index is 121. The van der Waals surface area contributed by atoms with E-state index >= 15 is 0 Å². The highest BCUT2D eigenvalue weighted by molar-refractivity contribution is 7.97. The highest BCUT2D eigenvalue weighted by atomic mass is 32.1. The molecular formula is C7H12OS. The Kier molecular flexibility index (Phi) is 4.50. The lowest BCUT2D eigenvalue weighted by Gasteiger charge is -1.94. The van der Waals surface area contributed by atoms with Crippen LogP contribution in [-0.2, 0) is 4.79 Å². The van der Waals surface area contributed by atoms with Gasteiger partial charge >= 0.3 is 0 Å². The smallest absolute Gasteiger partial charge is 0.209 e. The number of hydrogen-bond donors (Lipinski definition) is 1. The van der Waals surface area contributed by atoms with Crippen molar-refractivity contribution in [3.05, 3.63) is 11.6 Å². The Morgan fingerprint density at radius 2 is 1.89 bits per heavy atom. The number of thiol groups is 1. The van der Waals surface area contributed by atoms with Crippen LogP contribution >= 0.6 is 12.6 Å². The first kappa shape index (κ1) is 8.76. The molecule has 0 spiro atoms. The van der Waals surface area contributed by atoms with Gasteiger partial charge in [0.05, 0.1) is 0 Å². The van der Waals surface area contributed by atoms with Gasteiger partial charge in [-0.2, -0.15) is 0 Å². The van der Waals surface area contributed by atoms with Crippen molar-refractivity contribution in [1.29, 1.82) is 0 Å². The molecule has 0 amide bonds. The first-order valence-corrected chi connectivity index (χ1v) is 3.57. The van der Waals surface area contributed by atoms with Crippen molar-refractivity contribution in [2.75, 3.05) is 0 Å². The molecule has 0 atom stereocenters. The highest BCUT2D eigenvalue weighted by Gasteiger charge is 1.91. The van der Waals surface area contributed by atoms with E-state index < -0.39 is 0 Å². The summed E-state index contributed by atoms with van der Waals surface area (Å²) in [6, 6.07) is 0. The fraction of sp³-hybridized carbons (Fsp3) is 0.571. The van der Waals surface area contributed by atoms with Crippen molar-refractivity contribution in [2.45, 2.75) is 26.7 Å². The summed E-state index contributed by atoms with van der Waals surface area (Å²) < 4.78 is 0. The molecule has 9 heavy (non-hydrogen) atoms. The van der Waals surface area contributed by atoms with E-state index in [1.165, 1.54) is 0 Å². The zero-order valence-electron chi connectivity index (χ0n) is 5.85. The van der Waals surface area contributed by atoms with Crippen molar-refractivity contribution < 1.29 is 4.79 Å². The zero-order valence-corrected chi connectivity index (χ0v) is 6.74. The number of carbonyl (C=O) groups is 1. The van der Waals surface area contributed by atoms with E-state index in [4.69, 9.17) is 0 Å².